The second-order valence-electron chi connectivity index (χ2n) is 11.9. The quantitative estimate of drug-likeness (QED) is 0.164. The first-order chi connectivity index (χ1) is 22.2. The van der Waals surface area contributed by atoms with Gasteiger partial charge in [-0.2, -0.15) is 9.98 Å². The SMILES string of the molecule is CC(C)(C)OC(=O)N=C(Nc1ccc(NC(=O)c2ccc(NC(=NC(=O)OC(C)(C)C)c3ccccn3)cn2)nc1)c1ccccn1. The highest BCUT2D eigenvalue weighted by atomic mass is 16.6. The van der Waals surface area contributed by atoms with E-state index in [0.29, 0.717) is 22.8 Å². The van der Waals surface area contributed by atoms with Crippen LogP contribution in [-0.4, -0.2) is 60.9 Å². The highest BCUT2D eigenvalue weighted by Crippen LogP contribution is 2.16. The fourth-order valence-electron chi connectivity index (χ4n) is 3.65. The van der Waals surface area contributed by atoms with Gasteiger partial charge in [0.1, 0.15) is 34.1 Å². The van der Waals surface area contributed by atoms with Crippen molar-refractivity contribution in [1.29, 1.82) is 0 Å². The van der Waals surface area contributed by atoms with Gasteiger partial charge in [0.25, 0.3) is 5.91 Å². The Balaban J connectivity index is 1.43. The normalized spacial score (nSPS) is 12.1. The predicted octanol–water partition coefficient (Wildman–Crippen LogP) is 6.11. The molecule has 4 heterocycles. The second-order valence-corrected chi connectivity index (χ2v) is 11.9. The van der Waals surface area contributed by atoms with Gasteiger partial charge in [0, 0.05) is 12.4 Å². The number of hydrogen-bond acceptors (Lipinski definition) is 9. The van der Waals surface area contributed by atoms with Crippen LogP contribution in [-0.2, 0) is 9.47 Å². The van der Waals surface area contributed by atoms with E-state index < -0.39 is 29.3 Å². The molecule has 0 aromatic carbocycles. The van der Waals surface area contributed by atoms with E-state index in [-0.39, 0.29) is 23.2 Å². The van der Waals surface area contributed by atoms with Gasteiger partial charge in [0.15, 0.2) is 11.7 Å². The summed E-state index contributed by atoms with van der Waals surface area (Å²) in [5.41, 5.74) is 0.444. The van der Waals surface area contributed by atoms with E-state index in [4.69, 9.17) is 9.47 Å². The van der Waals surface area contributed by atoms with Crippen molar-refractivity contribution < 1.29 is 23.9 Å². The van der Waals surface area contributed by atoms with Gasteiger partial charge in [-0.25, -0.2) is 19.6 Å². The molecule has 4 rings (SSSR count). The number of nitrogens with one attached hydrogen (secondary N) is 3. The first-order valence-electron chi connectivity index (χ1n) is 14.5. The molecule has 14 heteroatoms. The summed E-state index contributed by atoms with van der Waals surface area (Å²) in [5, 5.41) is 8.73. The molecule has 0 aliphatic carbocycles. The van der Waals surface area contributed by atoms with E-state index in [1.807, 2.05) is 0 Å². The summed E-state index contributed by atoms with van der Waals surface area (Å²) in [4.78, 5) is 62.8. The molecule has 0 aliphatic rings. The number of amides is 3. The number of nitrogens with zero attached hydrogens (tertiary/aromatic N) is 6. The van der Waals surface area contributed by atoms with Crippen molar-refractivity contribution in [2.75, 3.05) is 16.0 Å². The van der Waals surface area contributed by atoms with E-state index in [2.05, 4.69) is 45.9 Å². The molecule has 14 nitrogen and oxygen atoms in total. The number of rotatable bonds is 6. The highest BCUT2D eigenvalue weighted by Gasteiger charge is 2.19. The van der Waals surface area contributed by atoms with Crippen molar-refractivity contribution in [2.24, 2.45) is 9.98 Å². The van der Waals surface area contributed by atoms with Crippen LogP contribution in [0.15, 0.2) is 95.4 Å². The highest BCUT2D eigenvalue weighted by molar-refractivity contribution is 6.11. The Morgan fingerprint density at radius 2 is 1.06 bits per heavy atom. The lowest BCUT2D eigenvalue weighted by molar-refractivity contribution is 0.0592. The average Bonchev–Trinajstić information content (AvgIpc) is 3.01. The molecule has 0 bridgehead atoms. The predicted molar refractivity (Wildman–Crippen MR) is 178 cm³/mol. The average molecular weight is 638 g/mol. The molecule has 242 valence electrons. The third-order valence-corrected chi connectivity index (χ3v) is 5.53. The summed E-state index contributed by atoms with van der Waals surface area (Å²) in [6.45, 7) is 10.5. The maximum absolute atomic E-state index is 12.9. The van der Waals surface area contributed by atoms with Crippen LogP contribution in [0.1, 0.15) is 63.4 Å². The maximum atomic E-state index is 12.9. The van der Waals surface area contributed by atoms with E-state index in [9.17, 15) is 14.4 Å². The third kappa shape index (κ3) is 11.1. The van der Waals surface area contributed by atoms with Crippen molar-refractivity contribution in [1.82, 2.24) is 19.9 Å². The zero-order valence-corrected chi connectivity index (χ0v) is 26.8. The monoisotopic (exact) mass is 637 g/mol. The van der Waals surface area contributed by atoms with Crippen LogP contribution in [0.3, 0.4) is 0 Å². The lowest BCUT2D eigenvalue weighted by Crippen LogP contribution is -2.24. The molecule has 0 radical (unpaired) electrons. The molecular formula is C33H35N9O5. The van der Waals surface area contributed by atoms with Gasteiger partial charge in [-0.3, -0.25) is 14.8 Å². The summed E-state index contributed by atoms with van der Waals surface area (Å²) >= 11 is 0. The van der Waals surface area contributed by atoms with Crippen molar-refractivity contribution in [3.63, 3.8) is 0 Å². The Labute approximate surface area is 271 Å². The van der Waals surface area contributed by atoms with Crippen molar-refractivity contribution >= 4 is 47.0 Å². The van der Waals surface area contributed by atoms with Gasteiger partial charge < -0.3 is 25.4 Å². The van der Waals surface area contributed by atoms with Gasteiger partial charge in [0.05, 0.1) is 23.8 Å². The Hall–Kier alpha value is -6.05. The first kappa shape index (κ1) is 33.8. The summed E-state index contributed by atoms with van der Waals surface area (Å²) in [6, 6.07) is 16.7. The zero-order valence-electron chi connectivity index (χ0n) is 26.8. The Morgan fingerprint density at radius 3 is 1.45 bits per heavy atom. The summed E-state index contributed by atoms with van der Waals surface area (Å²) in [6.07, 6.45) is 4.47. The standard InChI is InChI=1S/C33H35N9O5/c1-32(2,3)46-30(44)41-27(23-11-7-9-17-34-23)38-21-13-15-25(36-19-21)29(43)40-26-16-14-22(20-37-26)39-28(24-12-8-10-18-35-24)42-31(45)47-33(4,5)6/h7-20H,1-6H3,(H,37,40,43)(H,38,41,44)(H,39,42,45). The van der Waals surface area contributed by atoms with Gasteiger partial charge >= 0.3 is 12.2 Å². The van der Waals surface area contributed by atoms with Gasteiger partial charge in [-0.15, -0.1) is 0 Å². The number of ether oxygens (including phenoxy) is 2. The molecule has 0 fully saturated rings. The van der Waals surface area contributed by atoms with Crippen LogP contribution in [0.25, 0.3) is 0 Å². The molecule has 0 aliphatic heterocycles. The zero-order chi connectivity index (χ0) is 34.0. The van der Waals surface area contributed by atoms with E-state index in [1.165, 1.54) is 18.5 Å². The number of amidine groups is 2. The van der Waals surface area contributed by atoms with E-state index in [0.717, 1.165) is 0 Å². The maximum Gasteiger partial charge on any atom is 0.436 e. The second kappa shape index (κ2) is 14.8. The van der Waals surface area contributed by atoms with Crippen LogP contribution in [0.2, 0.25) is 0 Å². The minimum atomic E-state index is -0.786. The van der Waals surface area contributed by atoms with Crippen molar-refractivity contribution in [3.05, 3.63) is 103 Å². The number of hydrogen-bond donors (Lipinski definition) is 3. The molecule has 4 aromatic heterocycles. The number of aromatic nitrogens is 4. The van der Waals surface area contributed by atoms with Gasteiger partial charge in [-0.1, -0.05) is 12.1 Å². The number of carbonyl (C=O) groups is 3. The smallest absolute Gasteiger partial charge is 0.436 e. The fourth-order valence-corrected chi connectivity index (χ4v) is 3.65. The lowest BCUT2D eigenvalue weighted by Gasteiger charge is -2.18. The molecule has 0 unspecified atom stereocenters. The van der Waals surface area contributed by atoms with Crippen LogP contribution in [0.4, 0.5) is 26.8 Å². The lowest BCUT2D eigenvalue weighted by atomic mass is 10.2. The molecule has 0 saturated carbocycles. The van der Waals surface area contributed by atoms with Gasteiger partial charge in [-0.05, 0) is 90.1 Å². The topological polar surface area (TPSA) is 182 Å². The van der Waals surface area contributed by atoms with E-state index >= 15 is 0 Å². The fraction of sp³-hybridized carbons (Fsp3) is 0.242. The molecule has 4 aromatic rings. The molecule has 0 atom stereocenters. The minimum Gasteiger partial charge on any atom is -0.442 e. The van der Waals surface area contributed by atoms with Crippen LogP contribution in [0.5, 0.6) is 0 Å². The number of pyridine rings is 4. The van der Waals surface area contributed by atoms with Crippen LogP contribution in [0, 0.1) is 0 Å². The molecule has 47 heavy (non-hydrogen) atoms. The summed E-state index contributed by atoms with van der Waals surface area (Å²) in [7, 11) is 0. The number of anilines is 3. The largest absolute Gasteiger partial charge is 0.442 e. The number of carbonyl (C=O) groups excluding carboxylic acids is 3. The van der Waals surface area contributed by atoms with Crippen LogP contribution >= 0.6 is 0 Å². The molecular weight excluding hydrogens is 602 g/mol. The van der Waals surface area contributed by atoms with Crippen molar-refractivity contribution in [2.45, 2.75) is 52.7 Å². The Morgan fingerprint density at radius 1 is 0.574 bits per heavy atom. The summed E-state index contributed by atoms with van der Waals surface area (Å²) in [5.74, 6) is 0.0746. The first-order valence-corrected chi connectivity index (χ1v) is 14.5. The number of aliphatic imine (C=N–C) groups is 2. The van der Waals surface area contributed by atoms with E-state index in [1.54, 1.807) is 109 Å². The molecule has 3 amide bonds. The minimum absolute atomic E-state index is 0.116. The summed E-state index contributed by atoms with van der Waals surface area (Å²) < 4.78 is 10.6. The Bertz CT molecular complexity index is 1750. The molecule has 0 spiro atoms. The Kier molecular flexibility index (Phi) is 10.7. The third-order valence-electron chi connectivity index (χ3n) is 5.53. The van der Waals surface area contributed by atoms with Crippen molar-refractivity contribution in [3.8, 4) is 0 Å². The van der Waals surface area contributed by atoms with Gasteiger partial charge in [0.2, 0.25) is 0 Å². The molecule has 3 N–H and O–H groups in total. The van der Waals surface area contributed by atoms with Crippen LogP contribution < -0.4 is 16.0 Å². The molecule has 0 saturated heterocycles.